The largest absolute Gasteiger partial charge is 0.416 e. The minimum Gasteiger partial charge on any atom is -0.309 e. The molecule has 0 bridgehead atoms. The van der Waals surface area contributed by atoms with E-state index in [1.165, 1.54) is 12.1 Å². The van der Waals surface area contributed by atoms with Crippen LogP contribution in [0.2, 0.25) is 0 Å². The molecule has 378 valence electrons. The number of halogens is 6. The molecular formula is C63H59F6N5. The number of hydrogen-bond acceptors (Lipinski definition) is 3. The van der Waals surface area contributed by atoms with Crippen LogP contribution < -0.4 is 0 Å². The molecule has 7 aromatic carbocycles. The van der Waals surface area contributed by atoms with E-state index in [-0.39, 0.29) is 50.3 Å². The Morgan fingerprint density at radius 1 is 0.311 bits per heavy atom. The highest BCUT2D eigenvalue weighted by atomic mass is 19.4. The summed E-state index contributed by atoms with van der Waals surface area (Å²) in [6.45, 7) is 25.6. The number of alkyl halides is 6. The van der Waals surface area contributed by atoms with E-state index in [1.807, 2.05) is 57.7 Å². The lowest BCUT2D eigenvalue weighted by Crippen LogP contribution is -2.11. The third-order valence-electron chi connectivity index (χ3n) is 14.3. The average molecular weight is 1000 g/mol. The molecule has 3 aromatic heterocycles. The molecule has 5 nitrogen and oxygen atoms in total. The average Bonchev–Trinajstić information content (AvgIpc) is 3.83. The van der Waals surface area contributed by atoms with Gasteiger partial charge < -0.3 is 9.13 Å². The zero-order valence-electron chi connectivity index (χ0n) is 43.8. The van der Waals surface area contributed by atoms with Gasteiger partial charge in [-0.25, -0.2) is 15.0 Å². The molecular weight excluding hydrogens is 941 g/mol. The van der Waals surface area contributed by atoms with Gasteiger partial charge in [-0.05, 0) is 129 Å². The summed E-state index contributed by atoms with van der Waals surface area (Å²) >= 11 is 0. The van der Waals surface area contributed by atoms with Crippen molar-refractivity contribution in [3.05, 3.63) is 173 Å². The van der Waals surface area contributed by atoms with Gasteiger partial charge in [0.05, 0.1) is 44.6 Å². The first-order chi connectivity index (χ1) is 34.5. The van der Waals surface area contributed by atoms with Crippen LogP contribution in [-0.2, 0) is 34.0 Å². The van der Waals surface area contributed by atoms with E-state index >= 15 is 26.3 Å². The second-order valence-corrected chi connectivity index (χ2v) is 23.7. The molecule has 0 N–H and O–H groups in total. The van der Waals surface area contributed by atoms with Gasteiger partial charge in [-0.3, -0.25) is 0 Å². The van der Waals surface area contributed by atoms with E-state index in [9.17, 15) is 0 Å². The molecule has 0 aliphatic heterocycles. The van der Waals surface area contributed by atoms with Gasteiger partial charge in [-0.15, -0.1) is 0 Å². The zero-order valence-corrected chi connectivity index (χ0v) is 43.8. The van der Waals surface area contributed by atoms with Gasteiger partial charge in [0.15, 0.2) is 17.5 Å². The van der Waals surface area contributed by atoms with Gasteiger partial charge in [0, 0.05) is 38.2 Å². The molecule has 10 aromatic rings. The van der Waals surface area contributed by atoms with Crippen molar-refractivity contribution in [2.45, 2.75) is 117 Å². The maximum atomic E-state index is 15.1. The predicted molar refractivity (Wildman–Crippen MR) is 290 cm³/mol. The van der Waals surface area contributed by atoms with Gasteiger partial charge in [0.2, 0.25) is 0 Å². The van der Waals surface area contributed by atoms with Crippen LogP contribution in [0.5, 0.6) is 0 Å². The topological polar surface area (TPSA) is 48.5 Å². The first kappa shape index (κ1) is 50.3. The second kappa shape index (κ2) is 17.1. The molecule has 0 unspecified atom stereocenters. The Hall–Kier alpha value is -7.27. The molecule has 0 saturated heterocycles. The minimum atomic E-state index is -4.78. The van der Waals surface area contributed by atoms with Crippen LogP contribution in [0.1, 0.15) is 116 Å². The normalized spacial score (nSPS) is 13.3. The maximum absolute atomic E-state index is 15.1. The molecule has 0 aliphatic carbocycles. The van der Waals surface area contributed by atoms with Gasteiger partial charge >= 0.3 is 12.4 Å². The number of rotatable bonds is 5. The molecule has 0 atom stereocenters. The zero-order chi connectivity index (χ0) is 53.2. The number of nitrogens with zero attached hydrogens (tertiary/aromatic N) is 5. The highest BCUT2D eigenvalue weighted by molar-refractivity contribution is 6.11. The van der Waals surface area contributed by atoms with Crippen molar-refractivity contribution in [3.8, 4) is 45.5 Å². The predicted octanol–water partition coefficient (Wildman–Crippen LogP) is 18.3. The Kier molecular flexibility index (Phi) is 11.6. The monoisotopic (exact) mass is 999 g/mol. The van der Waals surface area contributed by atoms with Crippen molar-refractivity contribution < 1.29 is 26.3 Å². The minimum absolute atomic E-state index is 0.00839. The van der Waals surface area contributed by atoms with Crippen molar-refractivity contribution in [1.29, 1.82) is 0 Å². The van der Waals surface area contributed by atoms with Gasteiger partial charge in [-0.2, -0.15) is 26.3 Å². The lowest BCUT2D eigenvalue weighted by molar-refractivity contribution is -0.138. The molecule has 11 heteroatoms. The van der Waals surface area contributed by atoms with E-state index in [2.05, 4.69) is 107 Å². The fraction of sp³-hybridized carbons (Fsp3) is 0.286. The van der Waals surface area contributed by atoms with Crippen LogP contribution in [0.4, 0.5) is 26.3 Å². The molecule has 0 saturated carbocycles. The smallest absolute Gasteiger partial charge is 0.309 e. The summed E-state index contributed by atoms with van der Waals surface area (Å²) < 4.78 is 94.5. The van der Waals surface area contributed by atoms with Gasteiger partial charge in [0.1, 0.15) is 0 Å². The Labute approximate surface area is 428 Å². The molecule has 0 radical (unpaired) electrons. The number of benzene rings is 7. The Morgan fingerprint density at radius 2 is 0.595 bits per heavy atom. The molecule has 3 heterocycles. The van der Waals surface area contributed by atoms with Crippen molar-refractivity contribution in [1.82, 2.24) is 24.1 Å². The highest BCUT2D eigenvalue weighted by Gasteiger charge is 2.35. The van der Waals surface area contributed by atoms with Crippen LogP contribution in [-0.4, -0.2) is 24.1 Å². The van der Waals surface area contributed by atoms with E-state index < -0.39 is 23.5 Å². The summed E-state index contributed by atoms with van der Waals surface area (Å²) in [5, 5.41) is 3.65. The summed E-state index contributed by atoms with van der Waals surface area (Å²) in [4.78, 5) is 14.9. The number of aromatic nitrogens is 5. The molecule has 0 amide bonds. The van der Waals surface area contributed by atoms with E-state index in [4.69, 9.17) is 15.0 Å². The lowest BCUT2D eigenvalue weighted by atomic mass is 9.85. The second-order valence-electron chi connectivity index (χ2n) is 23.7. The number of fused-ring (bicyclic) bond motifs is 6. The van der Waals surface area contributed by atoms with Crippen molar-refractivity contribution >= 4 is 43.6 Å². The van der Waals surface area contributed by atoms with E-state index in [0.717, 1.165) is 90.1 Å². The Morgan fingerprint density at radius 3 is 0.878 bits per heavy atom. The highest BCUT2D eigenvalue weighted by Crippen LogP contribution is 2.45. The third kappa shape index (κ3) is 9.02. The van der Waals surface area contributed by atoms with Gasteiger partial charge in [-0.1, -0.05) is 138 Å². The van der Waals surface area contributed by atoms with Crippen LogP contribution >= 0.6 is 0 Å². The lowest BCUT2D eigenvalue weighted by Gasteiger charge is -2.20. The Balaban J connectivity index is 1.32. The van der Waals surface area contributed by atoms with Crippen molar-refractivity contribution in [3.63, 3.8) is 0 Å². The summed E-state index contributed by atoms with van der Waals surface area (Å²) in [6, 6.07) is 40.6. The summed E-state index contributed by atoms with van der Waals surface area (Å²) in [7, 11) is 0. The Bertz CT molecular complexity index is 3470. The quantitative estimate of drug-likeness (QED) is 0.161. The van der Waals surface area contributed by atoms with Crippen LogP contribution in [0.15, 0.2) is 140 Å². The van der Waals surface area contributed by atoms with Crippen LogP contribution in [0, 0.1) is 0 Å². The molecule has 10 rings (SSSR count). The fourth-order valence-corrected chi connectivity index (χ4v) is 9.94. The van der Waals surface area contributed by atoms with Crippen molar-refractivity contribution in [2.75, 3.05) is 0 Å². The summed E-state index contributed by atoms with van der Waals surface area (Å²) in [5.74, 6) is -0.244. The van der Waals surface area contributed by atoms with Crippen LogP contribution in [0.3, 0.4) is 0 Å². The van der Waals surface area contributed by atoms with Crippen LogP contribution in [0.25, 0.3) is 89.2 Å². The number of hydrogen-bond donors (Lipinski definition) is 0. The summed E-state index contributed by atoms with van der Waals surface area (Å²) in [5.41, 5.74) is 5.73. The fourth-order valence-electron chi connectivity index (χ4n) is 9.94. The first-order valence-corrected chi connectivity index (χ1v) is 24.9. The standard InChI is InChI=1S/C63H59F6N5/c1-58(2,3)37-18-24-49-43(30-37)44-31-38(59(4,5)6)19-25-50(44)73(49)53-28-22-41(62(64,65)66)34-47(53)56-70-55(36-16-14-13-15-17-36)71-57(72-56)48-35-42(63(67,68)69)23-29-54(48)74-51-26-20-39(60(7,8)9)32-45(51)46-33-40(61(10,11)12)21-27-52(46)74/h13-35H,1-12H3. The first-order valence-electron chi connectivity index (χ1n) is 24.9. The van der Waals surface area contributed by atoms with E-state index in [0.29, 0.717) is 16.9 Å². The summed E-state index contributed by atoms with van der Waals surface area (Å²) in [6.07, 6.45) is -9.56. The molecule has 0 aliphatic rings. The third-order valence-corrected chi connectivity index (χ3v) is 14.3. The molecule has 0 spiro atoms. The molecule has 0 fully saturated rings. The van der Waals surface area contributed by atoms with Crippen molar-refractivity contribution in [2.24, 2.45) is 0 Å². The van der Waals surface area contributed by atoms with Gasteiger partial charge in [0.25, 0.3) is 0 Å². The van der Waals surface area contributed by atoms with E-state index in [1.54, 1.807) is 30.3 Å². The maximum Gasteiger partial charge on any atom is 0.416 e. The molecule has 74 heavy (non-hydrogen) atoms. The SMILES string of the molecule is CC(C)(C)c1ccc2c(c1)c1cc(C(C)(C)C)ccc1n2-c1ccc(C(F)(F)F)cc1-c1nc(-c2ccccc2)nc(-c2cc(C(F)(F)F)ccc2-n2c3ccc(C(C)(C)C)cc3c3cc(C(C)(C)C)ccc32)n1.